The van der Waals surface area contributed by atoms with Gasteiger partial charge >= 0.3 is 0 Å². The Kier molecular flexibility index (Phi) is 5.85. The van der Waals surface area contributed by atoms with Gasteiger partial charge in [-0.2, -0.15) is 0 Å². The lowest BCUT2D eigenvalue weighted by atomic mass is 9.99. The number of rotatable bonds is 7. The van der Waals surface area contributed by atoms with Crippen LogP contribution < -0.4 is 4.74 Å². The van der Waals surface area contributed by atoms with Crippen molar-refractivity contribution in [1.82, 2.24) is 0 Å². The fourth-order valence-corrected chi connectivity index (χ4v) is 1.28. The van der Waals surface area contributed by atoms with E-state index in [1.54, 1.807) is 0 Å². The molecule has 0 N–H and O–H groups in total. The monoisotopic (exact) mass is 286 g/mol. The molecular weight excluding hydrogens is 268 g/mol. The van der Waals surface area contributed by atoms with Crippen molar-refractivity contribution in [3.63, 3.8) is 0 Å². The minimum atomic E-state index is 0.187. The van der Waals surface area contributed by atoms with Crippen LogP contribution in [-0.2, 0) is 4.74 Å². The molecule has 0 amide bonds. The lowest BCUT2D eigenvalue weighted by Crippen LogP contribution is -2.22. The largest absolute Gasteiger partial charge is 0.491 e. The second kappa shape index (κ2) is 6.92. The highest BCUT2D eigenvalue weighted by atomic mass is 79.9. The van der Waals surface area contributed by atoms with Gasteiger partial charge in [0.05, 0.1) is 13.2 Å². The summed E-state index contributed by atoms with van der Waals surface area (Å²) < 4.78 is 11.1. The molecule has 16 heavy (non-hydrogen) atoms. The maximum atomic E-state index is 5.56. The van der Waals surface area contributed by atoms with Gasteiger partial charge in [0.1, 0.15) is 12.4 Å². The van der Waals surface area contributed by atoms with Gasteiger partial charge in [-0.1, -0.05) is 48.0 Å². The highest BCUT2D eigenvalue weighted by Crippen LogP contribution is 2.18. The summed E-state index contributed by atoms with van der Waals surface area (Å²) in [5.74, 6) is 0.894. The molecule has 0 bridgehead atoms. The molecule has 0 heterocycles. The number of ether oxygens (including phenoxy) is 2. The first-order valence-electron chi connectivity index (χ1n) is 5.46. The van der Waals surface area contributed by atoms with Gasteiger partial charge in [0, 0.05) is 5.33 Å². The fourth-order valence-electron chi connectivity index (χ4n) is 1.12. The van der Waals surface area contributed by atoms with Gasteiger partial charge in [-0.25, -0.2) is 0 Å². The van der Waals surface area contributed by atoms with E-state index in [2.05, 4.69) is 29.8 Å². The molecule has 0 aliphatic rings. The molecule has 0 atom stereocenters. The van der Waals surface area contributed by atoms with Gasteiger partial charge in [0.2, 0.25) is 0 Å². The molecule has 3 heteroatoms. The Hall–Kier alpha value is -0.540. The molecule has 0 spiro atoms. The molecule has 0 aliphatic carbocycles. The van der Waals surface area contributed by atoms with Gasteiger partial charge in [0.15, 0.2) is 0 Å². The van der Waals surface area contributed by atoms with E-state index in [-0.39, 0.29) is 5.41 Å². The molecule has 0 aromatic heterocycles. The van der Waals surface area contributed by atoms with Crippen molar-refractivity contribution in [1.29, 1.82) is 0 Å². The zero-order valence-corrected chi connectivity index (χ0v) is 11.5. The summed E-state index contributed by atoms with van der Waals surface area (Å²) >= 11 is 3.47. The summed E-state index contributed by atoms with van der Waals surface area (Å²) in [5, 5.41) is 0.944. The number of para-hydroxylation sites is 1. The molecule has 1 rings (SSSR count). The third-order valence-electron chi connectivity index (χ3n) is 2.09. The Morgan fingerprint density at radius 2 is 1.81 bits per heavy atom. The Balaban J connectivity index is 2.09. The number of hydrogen-bond acceptors (Lipinski definition) is 2. The van der Waals surface area contributed by atoms with Crippen LogP contribution in [0, 0.1) is 5.41 Å². The molecule has 0 saturated carbocycles. The summed E-state index contributed by atoms with van der Waals surface area (Å²) in [4.78, 5) is 0. The van der Waals surface area contributed by atoms with Crippen molar-refractivity contribution < 1.29 is 9.47 Å². The average molecular weight is 287 g/mol. The Labute approximate surface area is 106 Å². The standard InChI is InChI=1S/C13H19BrO2/c1-13(2,10-14)11-15-8-9-16-12-6-4-3-5-7-12/h3-7H,8-11H2,1-2H3. The van der Waals surface area contributed by atoms with Gasteiger partial charge in [0.25, 0.3) is 0 Å². The Morgan fingerprint density at radius 3 is 2.44 bits per heavy atom. The molecule has 1 aromatic carbocycles. The lowest BCUT2D eigenvalue weighted by Gasteiger charge is -2.21. The van der Waals surface area contributed by atoms with Crippen molar-refractivity contribution in [2.45, 2.75) is 13.8 Å². The molecule has 1 aromatic rings. The first-order chi connectivity index (χ1) is 7.64. The predicted molar refractivity (Wildman–Crippen MR) is 70.3 cm³/mol. The highest BCUT2D eigenvalue weighted by Gasteiger charge is 2.15. The Morgan fingerprint density at radius 1 is 1.12 bits per heavy atom. The van der Waals surface area contributed by atoms with Crippen LogP contribution >= 0.6 is 15.9 Å². The third kappa shape index (κ3) is 5.52. The summed E-state index contributed by atoms with van der Waals surface area (Å²) in [6, 6.07) is 9.79. The van der Waals surface area contributed by atoms with E-state index in [1.165, 1.54) is 0 Å². The first-order valence-corrected chi connectivity index (χ1v) is 6.58. The van der Waals surface area contributed by atoms with Crippen molar-refractivity contribution in [3.8, 4) is 5.75 Å². The lowest BCUT2D eigenvalue weighted by molar-refractivity contribution is 0.0536. The summed E-state index contributed by atoms with van der Waals surface area (Å²) in [6.07, 6.45) is 0. The van der Waals surface area contributed by atoms with Crippen LogP contribution in [0.2, 0.25) is 0 Å². The molecule has 0 radical (unpaired) electrons. The van der Waals surface area contributed by atoms with E-state index in [9.17, 15) is 0 Å². The molecule has 2 nitrogen and oxygen atoms in total. The van der Waals surface area contributed by atoms with Gasteiger partial charge in [-0.3, -0.25) is 0 Å². The second-order valence-corrected chi connectivity index (χ2v) is 5.07. The highest BCUT2D eigenvalue weighted by molar-refractivity contribution is 9.09. The smallest absolute Gasteiger partial charge is 0.119 e. The molecule has 0 fully saturated rings. The molecule has 0 aliphatic heterocycles. The van der Waals surface area contributed by atoms with E-state index < -0.39 is 0 Å². The van der Waals surface area contributed by atoms with Crippen LogP contribution in [0.3, 0.4) is 0 Å². The minimum Gasteiger partial charge on any atom is -0.491 e. The Bertz CT molecular complexity index is 285. The van der Waals surface area contributed by atoms with Crippen molar-refractivity contribution >= 4 is 15.9 Å². The van der Waals surface area contributed by atoms with Crippen LogP contribution in [0.15, 0.2) is 30.3 Å². The van der Waals surface area contributed by atoms with Crippen LogP contribution in [0.4, 0.5) is 0 Å². The summed E-state index contributed by atoms with van der Waals surface area (Å²) in [5.41, 5.74) is 0.187. The van der Waals surface area contributed by atoms with Crippen molar-refractivity contribution in [2.75, 3.05) is 25.2 Å². The van der Waals surface area contributed by atoms with E-state index in [1.807, 2.05) is 30.3 Å². The van der Waals surface area contributed by atoms with E-state index in [0.717, 1.165) is 17.7 Å². The first kappa shape index (κ1) is 13.5. The number of alkyl halides is 1. The normalized spacial score (nSPS) is 11.4. The quantitative estimate of drug-likeness (QED) is 0.564. The molecular formula is C13H19BrO2. The van der Waals surface area contributed by atoms with Crippen LogP contribution in [-0.4, -0.2) is 25.2 Å². The van der Waals surface area contributed by atoms with Crippen molar-refractivity contribution in [2.24, 2.45) is 5.41 Å². The van der Waals surface area contributed by atoms with Gasteiger partial charge in [-0.05, 0) is 17.5 Å². The zero-order valence-electron chi connectivity index (χ0n) is 9.91. The van der Waals surface area contributed by atoms with Crippen molar-refractivity contribution in [3.05, 3.63) is 30.3 Å². The second-order valence-electron chi connectivity index (χ2n) is 4.51. The summed E-state index contributed by atoms with van der Waals surface area (Å²) in [7, 11) is 0. The van der Waals surface area contributed by atoms with Crippen LogP contribution in [0.5, 0.6) is 5.75 Å². The number of benzene rings is 1. The predicted octanol–water partition coefficient (Wildman–Crippen LogP) is 3.50. The van der Waals surface area contributed by atoms with Gasteiger partial charge < -0.3 is 9.47 Å². The van der Waals surface area contributed by atoms with Gasteiger partial charge in [-0.15, -0.1) is 0 Å². The minimum absolute atomic E-state index is 0.187. The maximum absolute atomic E-state index is 5.56. The maximum Gasteiger partial charge on any atom is 0.119 e. The average Bonchev–Trinajstić information content (AvgIpc) is 2.30. The molecule has 0 unspecified atom stereocenters. The topological polar surface area (TPSA) is 18.5 Å². The van der Waals surface area contributed by atoms with Crippen LogP contribution in [0.1, 0.15) is 13.8 Å². The van der Waals surface area contributed by atoms with Crippen LogP contribution in [0.25, 0.3) is 0 Å². The fraction of sp³-hybridized carbons (Fsp3) is 0.538. The van der Waals surface area contributed by atoms with E-state index in [4.69, 9.17) is 9.47 Å². The third-order valence-corrected chi connectivity index (χ3v) is 3.61. The number of hydrogen-bond donors (Lipinski definition) is 0. The van der Waals surface area contributed by atoms with E-state index in [0.29, 0.717) is 13.2 Å². The molecule has 90 valence electrons. The van der Waals surface area contributed by atoms with E-state index >= 15 is 0 Å². The number of halogens is 1. The zero-order chi connectivity index (χ0) is 11.9. The summed E-state index contributed by atoms with van der Waals surface area (Å²) in [6.45, 7) is 6.31. The SMILES string of the molecule is CC(C)(CBr)COCCOc1ccccc1. The molecule has 0 saturated heterocycles.